The first-order valence-electron chi connectivity index (χ1n) is 6.97. The molecule has 0 bridgehead atoms. The lowest BCUT2D eigenvalue weighted by molar-refractivity contribution is -0.133. The summed E-state index contributed by atoms with van der Waals surface area (Å²) in [6, 6.07) is 7.89. The van der Waals surface area contributed by atoms with Gasteiger partial charge in [0, 0.05) is 26.7 Å². The van der Waals surface area contributed by atoms with Gasteiger partial charge < -0.3 is 15.0 Å². The van der Waals surface area contributed by atoms with E-state index in [1.807, 2.05) is 18.2 Å². The minimum Gasteiger partial charge on any atom is -0.383 e. The van der Waals surface area contributed by atoms with Crippen LogP contribution in [0.5, 0.6) is 0 Å². The van der Waals surface area contributed by atoms with Crippen molar-refractivity contribution in [2.24, 2.45) is 0 Å². The summed E-state index contributed by atoms with van der Waals surface area (Å²) >= 11 is 0. The third-order valence-corrected chi connectivity index (χ3v) is 3.58. The Labute approximate surface area is 120 Å². The molecule has 1 aromatic rings. The molecule has 1 aliphatic rings. The zero-order valence-corrected chi connectivity index (χ0v) is 12.0. The molecular weight excluding hydrogens is 252 g/mol. The van der Waals surface area contributed by atoms with E-state index in [4.69, 9.17) is 4.74 Å². The van der Waals surface area contributed by atoms with Gasteiger partial charge in [-0.2, -0.15) is 0 Å². The number of nitrogens with zero attached hydrogens (tertiary/aromatic N) is 1. The maximum absolute atomic E-state index is 12.7. The van der Waals surface area contributed by atoms with Crippen LogP contribution in [-0.2, 0) is 16.0 Å². The van der Waals surface area contributed by atoms with Gasteiger partial charge in [-0.3, -0.25) is 4.79 Å². The quantitative estimate of drug-likeness (QED) is 0.800. The number of hydrogen-bond donors (Lipinski definition) is 1. The van der Waals surface area contributed by atoms with Gasteiger partial charge >= 0.3 is 0 Å². The van der Waals surface area contributed by atoms with Crippen LogP contribution in [0.1, 0.15) is 17.2 Å². The van der Waals surface area contributed by atoms with E-state index in [2.05, 4.69) is 18.0 Å². The molecule has 4 nitrogen and oxygen atoms in total. The summed E-state index contributed by atoms with van der Waals surface area (Å²) in [6.45, 7) is 6.22. The zero-order chi connectivity index (χ0) is 14.4. The molecule has 0 saturated heterocycles. The number of amides is 1. The Morgan fingerprint density at radius 2 is 2.35 bits per heavy atom. The maximum atomic E-state index is 12.7. The molecule has 1 atom stereocenters. The standard InChI is InChI=1S/C16H22N2O2/c1-3-10-18(11-12-20-2)16(19)15-14-7-5-4-6-13(14)8-9-17-15/h3-7,15,17H,1,8-12H2,2H3. The van der Waals surface area contributed by atoms with Gasteiger partial charge in [0.25, 0.3) is 0 Å². The Balaban J connectivity index is 2.17. The third kappa shape index (κ3) is 3.26. The van der Waals surface area contributed by atoms with Crippen LogP contribution in [0.25, 0.3) is 0 Å². The first-order valence-corrected chi connectivity index (χ1v) is 6.97. The van der Waals surface area contributed by atoms with Crippen LogP contribution in [0.3, 0.4) is 0 Å². The van der Waals surface area contributed by atoms with Crippen molar-refractivity contribution in [1.82, 2.24) is 10.2 Å². The molecule has 0 radical (unpaired) electrons. The number of rotatable bonds is 6. The molecule has 108 valence electrons. The van der Waals surface area contributed by atoms with Crippen molar-refractivity contribution in [1.29, 1.82) is 0 Å². The molecule has 2 rings (SSSR count). The van der Waals surface area contributed by atoms with E-state index >= 15 is 0 Å². The van der Waals surface area contributed by atoms with Crippen LogP contribution in [0.2, 0.25) is 0 Å². The average molecular weight is 274 g/mol. The summed E-state index contributed by atoms with van der Waals surface area (Å²) in [4.78, 5) is 14.5. The molecule has 1 heterocycles. The number of methoxy groups -OCH3 is 1. The normalized spacial score (nSPS) is 17.4. The second kappa shape index (κ2) is 7.22. The number of fused-ring (bicyclic) bond motifs is 1. The Kier molecular flexibility index (Phi) is 5.32. The molecule has 0 aliphatic carbocycles. The number of carbonyl (C=O) groups is 1. The number of carbonyl (C=O) groups excluding carboxylic acids is 1. The summed E-state index contributed by atoms with van der Waals surface area (Å²) in [5, 5.41) is 3.32. The summed E-state index contributed by atoms with van der Waals surface area (Å²) in [7, 11) is 1.64. The van der Waals surface area contributed by atoms with Crippen LogP contribution < -0.4 is 5.32 Å². The number of hydrogen-bond acceptors (Lipinski definition) is 3. The molecule has 1 aliphatic heterocycles. The Hall–Kier alpha value is -1.65. The fourth-order valence-electron chi connectivity index (χ4n) is 2.56. The van der Waals surface area contributed by atoms with E-state index in [1.54, 1.807) is 18.1 Å². The van der Waals surface area contributed by atoms with Gasteiger partial charge in [-0.15, -0.1) is 6.58 Å². The van der Waals surface area contributed by atoms with E-state index in [0.717, 1.165) is 18.5 Å². The number of benzene rings is 1. The van der Waals surface area contributed by atoms with Gasteiger partial charge in [0.2, 0.25) is 5.91 Å². The average Bonchev–Trinajstić information content (AvgIpc) is 2.50. The molecule has 0 spiro atoms. The minimum absolute atomic E-state index is 0.0918. The molecule has 0 fully saturated rings. The predicted molar refractivity (Wildman–Crippen MR) is 79.5 cm³/mol. The number of ether oxygens (including phenoxy) is 1. The molecule has 1 amide bonds. The maximum Gasteiger partial charge on any atom is 0.244 e. The van der Waals surface area contributed by atoms with Gasteiger partial charge in [-0.25, -0.2) is 0 Å². The smallest absolute Gasteiger partial charge is 0.244 e. The van der Waals surface area contributed by atoms with E-state index < -0.39 is 0 Å². The Morgan fingerprint density at radius 3 is 3.10 bits per heavy atom. The lowest BCUT2D eigenvalue weighted by Gasteiger charge is -2.31. The van der Waals surface area contributed by atoms with Gasteiger partial charge in [0.1, 0.15) is 6.04 Å². The first-order chi connectivity index (χ1) is 9.77. The summed E-state index contributed by atoms with van der Waals surface area (Å²) in [5.74, 6) is 0.0918. The van der Waals surface area contributed by atoms with E-state index in [1.165, 1.54) is 5.56 Å². The predicted octanol–water partition coefficient (Wildman–Crippen LogP) is 1.53. The molecule has 0 aromatic heterocycles. The number of nitrogens with one attached hydrogen (secondary N) is 1. The second-order valence-electron chi connectivity index (χ2n) is 4.90. The van der Waals surface area contributed by atoms with E-state index in [-0.39, 0.29) is 11.9 Å². The second-order valence-corrected chi connectivity index (χ2v) is 4.90. The van der Waals surface area contributed by atoms with Crippen LogP contribution in [0.15, 0.2) is 36.9 Å². The first kappa shape index (κ1) is 14.8. The van der Waals surface area contributed by atoms with Crippen molar-refractivity contribution < 1.29 is 9.53 Å². The summed E-state index contributed by atoms with van der Waals surface area (Å²) < 4.78 is 5.08. The molecule has 1 aromatic carbocycles. The summed E-state index contributed by atoms with van der Waals surface area (Å²) in [6.07, 6.45) is 2.72. The Bertz CT molecular complexity index is 473. The lowest BCUT2D eigenvalue weighted by Crippen LogP contribution is -2.45. The van der Waals surface area contributed by atoms with Crippen molar-refractivity contribution in [2.75, 3.05) is 33.4 Å². The highest BCUT2D eigenvalue weighted by Gasteiger charge is 2.28. The van der Waals surface area contributed by atoms with Gasteiger partial charge in [-0.05, 0) is 17.5 Å². The van der Waals surface area contributed by atoms with Gasteiger partial charge in [-0.1, -0.05) is 30.3 Å². The minimum atomic E-state index is -0.253. The van der Waals surface area contributed by atoms with E-state index in [0.29, 0.717) is 19.7 Å². The van der Waals surface area contributed by atoms with Crippen LogP contribution in [0.4, 0.5) is 0 Å². The monoisotopic (exact) mass is 274 g/mol. The SMILES string of the molecule is C=CCN(CCOC)C(=O)C1NCCc2ccccc21. The van der Waals surface area contributed by atoms with Crippen LogP contribution >= 0.6 is 0 Å². The fourth-order valence-corrected chi connectivity index (χ4v) is 2.56. The molecule has 4 heteroatoms. The van der Waals surface area contributed by atoms with Crippen molar-refractivity contribution in [3.63, 3.8) is 0 Å². The topological polar surface area (TPSA) is 41.6 Å². The molecular formula is C16H22N2O2. The van der Waals surface area contributed by atoms with Crippen LogP contribution in [0, 0.1) is 0 Å². The molecule has 0 saturated carbocycles. The highest BCUT2D eigenvalue weighted by molar-refractivity contribution is 5.84. The highest BCUT2D eigenvalue weighted by atomic mass is 16.5. The summed E-state index contributed by atoms with van der Waals surface area (Å²) in [5.41, 5.74) is 2.35. The van der Waals surface area contributed by atoms with Crippen LogP contribution in [-0.4, -0.2) is 44.2 Å². The van der Waals surface area contributed by atoms with Gasteiger partial charge in [0.15, 0.2) is 0 Å². The Morgan fingerprint density at radius 1 is 1.55 bits per heavy atom. The van der Waals surface area contributed by atoms with Gasteiger partial charge in [0.05, 0.1) is 6.61 Å². The van der Waals surface area contributed by atoms with Crippen molar-refractivity contribution in [3.05, 3.63) is 48.0 Å². The molecule has 1 unspecified atom stereocenters. The van der Waals surface area contributed by atoms with Crippen molar-refractivity contribution in [3.8, 4) is 0 Å². The zero-order valence-electron chi connectivity index (χ0n) is 12.0. The largest absolute Gasteiger partial charge is 0.383 e. The lowest BCUT2D eigenvalue weighted by atomic mass is 9.93. The van der Waals surface area contributed by atoms with E-state index in [9.17, 15) is 4.79 Å². The fraction of sp³-hybridized carbons (Fsp3) is 0.438. The molecule has 20 heavy (non-hydrogen) atoms. The van der Waals surface area contributed by atoms with Crippen molar-refractivity contribution >= 4 is 5.91 Å². The third-order valence-electron chi connectivity index (χ3n) is 3.58. The molecule has 1 N–H and O–H groups in total. The van der Waals surface area contributed by atoms with Crippen molar-refractivity contribution in [2.45, 2.75) is 12.5 Å². The highest BCUT2D eigenvalue weighted by Crippen LogP contribution is 2.24.